The molecule has 144 valence electrons. The predicted molar refractivity (Wildman–Crippen MR) is 115 cm³/mol. The molecule has 0 spiro atoms. The molecule has 0 unspecified atom stereocenters. The second kappa shape index (κ2) is 8.28. The maximum atomic E-state index is 12.6. The first-order valence-corrected chi connectivity index (χ1v) is 9.65. The van der Waals surface area contributed by atoms with Gasteiger partial charge in [0, 0.05) is 10.2 Å². The number of rotatable bonds is 5. The van der Waals surface area contributed by atoms with Gasteiger partial charge < -0.3 is 10.1 Å². The number of aromatic nitrogens is 2. The van der Waals surface area contributed by atoms with Crippen molar-refractivity contribution in [3.05, 3.63) is 94.0 Å². The molecule has 0 aliphatic heterocycles. The summed E-state index contributed by atoms with van der Waals surface area (Å²) in [7, 11) is 0. The van der Waals surface area contributed by atoms with E-state index in [0.29, 0.717) is 22.3 Å². The number of para-hydroxylation sites is 1. The van der Waals surface area contributed by atoms with Crippen LogP contribution in [0.15, 0.2) is 88.4 Å². The van der Waals surface area contributed by atoms with Crippen molar-refractivity contribution in [2.45, 2.75) is 6.54 Å². The number of halogens is 1. The molecule has 0 saturated carbocycles. The number of ether oxygens (including phenoxy) is 1. The number of nitrogens with one attached hydrogen (secondary N) is 1. The largest absolute Gasteiger partial charge is 0.457 e. The van der Waals surface area contributed by atoms with Crippen LogP contribution in [-0.2, 0) is 11.3 Å². The monoisotopic (exact) mass is 449 g/mol. The second-order valence-corrected chi connectivity index (χ2v) is 7.24. The average Bonchev–Trinajstić information content (AvgIpc) is 2.73. The van der Waals surface area contributed by atoms with Crippen molar-refractivity contribution < 1.29 is 9.53 Å². The third-order valence-electron chi connectivity index (χ3n) is 4.22. The summed E-state index contributed by atoms with van der Waals surface area (Å²) in [6.45, 7) is -0.128. The Morgan fingerprint density at radius 1 is 1.00 bits per heavy atom. The molecule has 0 aliphatic carbocycles. The van der Waals surface area contributed by atoms with E-state index >= 15 is 0 Å². The number of carbonyl (C=O) groups is 1. The van der Waals surface area contributed by atoms with Crippen LogP contribution in [0.1, 0.15) is 0 Å². The van der Waals surface area contributed by atoms with Gasteiger partial charge in [0.15, 0.2) is 0 Å². The van der Waals surface area contributed by atoms with Gasteiger partial charge in [0.25, 0.3) is 5.56 Å². The summed E-state index contributed by atoms with van der Waals surface area (Å²) >= 11 is 3.35. The number of fused-ring (bicyclic) bond motifs is 1. The number of nitrogens with zero attached hydrogens (tertiary/aromatic N) is 2. The summed E-state index contributed by atoms with van der Waals surface area (Å²) in [6, 6.07) is 21.7. The highest BCUT2D eigenvalue weighted by molar-refractivity contribution is 9.10. The van der Waals surface area contributed by atoms with Crippen molar-refractivity contribution in [2.75, 3.05) is 5.32 Å². The zero-order valence-corrected chi connectivity index (χ0v) is 16.8. The van der Waals surface area contributed by atoms with Gasteiger partial charge in [0.1, 0.15) is 18.0 Å². The van der Waals surface area contributed by atoms with Crippen LogP contribution in [0.5, 0.6) is 11.5 Å². The molecule has 0 bridgehead atoms. The van der Waals surface area contributed by atoms with Crippen LogP contribution in [0.25, 0.3) is 10.9 Å². The lowest BCUT2D eigenvalue weighted by Crippen LogP contribution is -2.27. The first-order valence-electron chi connectivity index (χ1n) is 8.86. The molecular weight excluding hydrogens is 434 g/mol. The zero-order valence-electron chi connectivity index (χ0n) is 15.2. The molecule has 1 N–H and O–H groups in total. The lowest BCUT2D eigenvalue weighted by molar-refractivity contribution is -0.116. The van der Waals surface area contributed by atoms with Gasteiger partial charge in [-0.3, -0.25) is 14.2 Å². The van der Waals surface area contributed by atoms with E-state index in [2.05, 4.69) is 26.2 Å². The first kappa shape index (κ1) is 18.9. The third kappa shape index (κ3) is 4.52. The Kier molecular flexibility index (Phi) is 5.39. The minimum absolute atomic E-state index is 0.128. The molecule has 0 atom stereocenters. The molecule has 0 saturated heterocycles. The van der Waals surface area contributed by atoms with Crippen LogP contribution < -0.4 is 15.6 Å². The number of hydrogen-bond donors (Lipinski definition) is 1. The number of carbonyl (C=O) groups excluding carboxylic acids is 1. The molecule has 0 radical (unpaired) electrons. The average molecular weight is 450 g/mol. The molecule has 4 aromatic rings. The molecule has 4 rings (SSSR count). The van der Waals surface area contributed by atoms with E-state index in [4.69, 9.17) is 4.74 Å². The summed E-state index contributed by atoms with van der Waals surface area (Å²) in [5.41, 5.74) is 0.932. The van der Waals surface area contributed by atoms with Crippen molar-refractivity contribution in [3.8, 4) is 11.5 Å². The number of benzene rings is 3. The van der Waals surface area contributed by atoms with Crippen molar-refractivity contribution in [2.24, 2.45) is 0 Å². The SMILES string of the molecule is O=C(Cn1cnc2ccc(Br)cc2c1=O)Nc1ccc(Oc2ccccc2)cc1. The number of amides is 1. The van der Waals surface area contributed by atoms with Crippen molar-refractivity contribution in [3.63, 3.8) is 0 Å². The van der Waals surface area contributed by atoms with Gasteiger partial charge in [-0.25, -0.2) is 4.98 Å². The molecule has 1 amide bonds. The Morgan fingerprint density at radius 3 is 2.48 bits per heavy atom. The number of anilines is 1. The summed E-state index contributed by atoms with van der Waals surface area (Å²) in [5.74, 6) is 1.08. The van der Waals surface area contributed by atoms with E-state index in [1.54, 1.807) is 36.4 Å². The zero-order chi connectivity index (χ0) is 20.2. The highest BCUT2D eigenvalue weighted by atomic mass is 79.9. The fourth-order valence-electron chi connectivity index (χ4n) is 2.83. The minimum Gasteiger partial charge on any atom is -0.457 e. The molecule has 3 aromatic carbocycles. The van der Waals surface area contributed by atoms with Gasteiger partial charge in [-0.15, -0.1) is 0 Å². The van der Waals surface area contributed by atoms with Crippen LogP contribution >= 0.6 is 15.9 Å². The van der Waals surface area contributed by atoms with E-state index in [0.717, 1.165) is 10.2 Å². The Bertz CT molecular complexity index is 1220. The lowest BCUT2D eigenvalue weighted by atomic mass is 10.2. The third-order valence-corrected chi connectivity index (χ3v) is 4.71. The van der Waals surface area contributed by atoms with E-state index < -0.39 is 0 Å². The summed E-state index contributed by atoms with van der Waals surface area (Å²) in [4.78, 5) is 29.2. The summed E-state index contributed by atoms with van der Waals surface area (Å²) in [5, 5.41) is 3.23. The summed E-state index contributed by atoms with van der Waals surface area (Å²) < 4.78 is 7.80. The molecule has 6 nitrogen and oxygen atoms in total. The molecular formula is C22H16BrN3O3. The Morgan fingerprint density at radius 2 is 1.72 bits per heavy atom. The topological polar surface area (TPSA) is 73.2 Å². The van der Waals surface area contributed by atoms with Gasteiger partial charge in [-0.2, -0.15) is 0 Å². The highest BCUT2D eigenvalue weighted by Gasteiger charge is 2.09. The molecule has 1 aromatic heterocycles. The van der Waals surface area contributed by atoms with E-state index in [-0.39, 0.29) is 18.0 Å². The fourth-order valence-corrected chi connectivity index (χ4v) is 3.19. The van der Waals surface area contributed by atoms with E-state index in [1.807, 2.05) is 36.4 Å². The van der Waals surface area contributed by atoms with Crippen LogP contribution in [0.4, 0.5) is 5.69 Å². The van der Waals surface area contributed by atoms with Crippen molar-refractivity contribution >= 4 is 38.4 Å². The van der Waals surface area contributed by atoms with E-state index in [1.165, 1.54) is 10.9 Å². The Labute approximate surface area is 174 Å². The molecule has 7 heteroatoms. The highest BCUT2D eigenvalue weighted by Crippen LogP contribution is 2.22. The molecule has 0 aliphatic rings. The van der Waals surface area contributed by atoms with Crippen LogP contribution in [0.2, 0.25) is 0 Å². The van der Waals surface area contributed by atoms with Crippen molar-refractivity contribution in [1.29, 1.82) is 0 Å². The standard InChI is InChI=1S/C22H16BrN3O3/c23-15-6-11-20-19(12-15)22(28)26(14-24-20)13-21(27)25-16-7-9-18(10-8-16)29-17-4-2-1-3-5-17/h1-12,14H,13H2,(H,25,27). The predicted octanol–water partition coefficient (Wildman–Crippen LogP) is 4.59. The molecule has 1 heterocycles. The van der Waals surface area contributed by atoms with Gasteiger partial charge in [0.2, 0.25) is 5.91 Å². The summed E-state index contributed by atoms with van der Waals surface area (Å²) in [6.07, 6.45) is 1.38. The minimum atomic E-state index is -0.319. The quantitative estimate of drug-likeness (QED) is 0.483. The normalized spacial score (nSPS) is 10.7. The smallest absolute Gasteiger partial charge is 0.261 e. The van der Waals surface area contributed by atoms with E-state index in [9.17, 15) is 9.59 Å². The molecule has 29 heavy (non-hydrogen) atoms. The van der Waals surface area contributed by atoms with Crippen LogP contribution in [0.3, 0.4) is 0 Å². The van der Waals surface area contributed by atoms with Crippen LogP contribution in [-0.4, -0.2) is 15.5 Å². The van der Waals surface area contributed by atoms with Gasteiger partial charge in [-0.05, 0) is 54.6 Å². The van der Waals surface area contributed by atoms with Crippen LogP contribution in [0, 0.1) is 0 Å². The maximum Gasteiger partial charge on any atom is 0.261 e. The van der Waals surface area contributed by atoms with Gasteiger partial charge >= 0.3 is 0 Å². The maximum absolute atomic E-state index is 12.6. The Balaban J connectivity index is 1.44. The number of hydrogen-bond acceptors (Lipinski definition) is 4. The van der Waals surface area contributed by atoms with Crippen molar-refractivity contribution in [1.82, 2.24) is 9.55 Å². The van der Waals surface area contributed by atoms with Gasteiger partial charge in [0.05, 0.1) is 17.2 Å². The second-order valence-electron chi connectivity index (χ2n) is 6.33. The van der Waals surface area contributed by atoms with Gasteiger partial charge in [-0.1, -0.05) is 34.1 Å². The fraction of sp³-hybridized carbons (Fsp3) is 0.0455. The Hall–Kier alpha value is -3.45. The first-order chi connectivity index (χ1) is 14.1. The lowest BCUT2D eigenvalue weighted by Gasteiger charge is -2.09. The molecule has 0 fully saturated rings.